The third-order valence-electron chi connectivity index (χ3n) is 2.96. The molecule has 4 N–H and O–H groups in total. The molecule has 20 heavy (non-hydrogen) atoms. The van der Waals surface area contributed by atoms with Gasteiger partial charge >= 0.3 is 0 Å². The van der Waals surface area contributed by atoms with E-state index in [4.69, 9.17) is 11.5 Å². The van der Waals surface area contributed by atoms with Crippen molar-refractivity contribution in [2.45, 2.75) is 0 Å². The summed E-state index contributed by atoms with van der Waals surface area (Å²) in [7, 11) is 0. The second kappa shape index (κ2) is 6.43. The van der Waals surface area contributed by atoms with Gasteiger partial charge in [-0.2, -0.15) is 0 Å². The zero-order chi connectivity index (χ0) is 14.4. The molecule has 0 spiro atoms. The summed E-state index contributed by atoms with van der Waals surface area (Å²) >= 11 is 0. The highest BCUT2D eigenvalue weighted by Gasteiger charge is 2.01. The highest BCUT2D eigenvalue weighted by molar-refractivity contribution is 5.85. The van der Waals surface area contributed by atoms with Gasteiger partial charge < -0.3 is 11.5 Å². The summed E-state index contributed by atoms with van der Waals surface area (Å²) in [6, 6.07) is 15.5. The first-order valence-corrected chi connectivity index (χ1v) is 6.42. The van der Waals surface area contributed by atoms with Gasteiger partial charge in [-0.15, -0.1) is 0 Å². The van der Waals surface area contributed by atoms with Gasteiger partial charge in [0.05, 0.1) is 0 Å². The van der Waals surface area contributed by atoms with Gasteiger partial charge in [0.15, 0.2) is 0 Å². The van der Waals surface area contributed by atoms with Crippen molar-refractivity contribution in [3.8, 4) is 0 Å². The van der Waals surface area contributed by atoms with Gasteiger partial charge in [0.25, 0.3) is 0 Å². The van der Waals surface area contributed by atoms with E-state index < -0.39 is 0 Å². The predicted octanol–water partition coefficient (Wildman–Crippen LogP) is 4.13. The zero-order valence-electron chi connectivity index (χ0n) is 11.3. The molecule has 0 aromatic heterocycles. The van der Waals surface area contributed by atoms with E-state index in [1.54, 1.807) is 6.08 Å². The van der Waals surface area contributed by atoms with Gasteiger partial charge in [0.1, 0.15) is 0 Å². The summed E-state index contributed by atoms with van der Waals surface area (Å²) in [4.78, 5) is 0. The minimum atomic E-state index is 0.752. The molecule has 0 aliphatic carbocycles. The second-order valence-electron chi connectivity index (χ2n) is 4.44. The summed E-state index contributed by atoms with van der Waals surface area (Å²) in [5.41, 5.74) is 16.3. The molecule has 2 aromatic carbocycles. The van der Waals surface area contributed by atoms with Gasteiger partial charge in [0.2, 0.25) is 0 Å². The molecule has 2 heteroatoms. The van der Waals surface area contributed by atoms with Crippen molar-refractivity contribution in [2.24, 2.45) is 0 Å². The molecule has 2 rings (SSSR count). The van der Waals surface area contributed by atoms with Crippen molar-refractivity contribution in [2.75, 3.05) is 11.5 Å². The molecule has 2 nitrogen and oxygen atoms in total. The Balaban J connectivity index is 2.31. The molecule has 0 aliphatic rings. The van der Waals surface area contributed by atoms with Crippen molar-refractivity contribution < 1.29 is 0 Å². The summed E-state index contributed by atoms with van der Waals surface area (Å²) in [6.07, 6.45) is 7.76. The van der Waals surface area contributed by atoms with Crippen LogP contribution in [0.2, 0.25) is 0 Å². The van der Waals surface area contributed by atoms with E-state index >= 15 is 0 Å². The molecule has 0 saturated heterocycles. The van der Waals surface area contributed by atoms with Crippen molar-refractivity contribution >= 4 is 23.0 Å². The van der Waals surface area contributed by atoms with Crippen LogP contribution in [-0.2, 0) is 0 Å². The van der Waals surface area contributed by atoms with E-state index in [9.17, 15) is 0 Å². The normalized spacial score (nSPS) is 11.7. The standard InChI is InChI=1S/C18H18N2/c1-2-5-15(17-6-3-4-7-18(17)20)11-8-14-9-12-16(19)13-10-14/h2-13H,1,19-20H2/b11-8?,15-5-. The van der Waals surface area contributed by atoms with Crippen LogP contribution in [0.15, 0.2) is 73.3 Å². The summed E-state index contributed by atoms with van der Waals surface area (Å²) in [6.45, 7) is 3.75. The maximum absolute atomic E-state index is 6.02. The molecule has 0 atom stereocenters. The van der Waals surface area contributed by atoms with Crippen molar-refractivity contribution in [3.05, 3.63) is 84.5 Å². The SMILES string of the molecule is C=C/C=C(/C=Cc1ccc(N)cc1)c1ccccc1N. The van der Waals surface area contributed by atoms with Crippen LogP contribution in [0.3, 0.4) is 0 Å². The number of hydrogen-bond acceptors (Lipinski definition) is 2. The average molecular weight is 262 g/mol. The van der Waals surface area contributed by atoms with Crippen LogP contribution < -0.4 is 11.5 Å². The lowest BCUT2D eigenvalue weighted by atomic mass is 10.0. The molecular weight excluding hydrogens is 244 g/mol. The monoisotopic (exact) mass is 262 g/mol. The molecule has 100 valence electrons. The third-order valence-corrected chi connectivity index (χ3v) is 2.96. The quantitative estimate of drug-likeness (QED) is 0.643. The Morgan fingerprint density at radius 2 is 1.65 bits per heavy atom. The van der Waals surface area contributed by atoms with Crippen LogP contribution in [-0.4, -0.2) is 0 Å². The molecule has 0 radical (unpaired) electrons. The smallest absolute Gasteiger partial charge is 0.0393 e. The fourth-order valence-electron chi connectivity index (χ4n) is 1.92. The summed E-state index contributed by atoms with van der Waals surface area (Å²) in [5.74, 6) is 0. The van der Waals surface area contributed by atoms with E-state index in [0.717, 1.165) is 28.1 Å². The number of anilines is 2. The Bertz CT molecular complexity index is 649. The molecule has 0 unspecified atom stereocenters. The van der Waals surface area contributed by atoms with Gasteiger partial charge in [-0.25, -0.2) is 0 Å². The van der Waals surface area contributed by atoms with E-state index in [1.807, 2.05) is 66.8 Å². The lowest BCUT2D eigenvalue weighted by Gasteiger charge is -2.06. The minimum Gasteiger partial charge on any atom is -0.399 e. The number of para-hydroxylation sites is 1. The van der Waals surface area contributed by atoms with Gasteiger partial charge in [-0.3, -0.25) is 0 Å². The van der Waals surface area contributed by atoms with Crippen molar-refractivity contribution in [1.82, 2.24) is 0 Å². The molecule has 0 bridgehead atoms. The first-order valence-electron chi connectivity index (χ1n) is 6.42. The second-order valence-corrected chi connectivity index (χ2v) is 4.44. The first-order chi connectivity index (χ1) is 9.70. The zero-order valence-corrected chi connectivity index (χ0v) is 11.3. The predicted molar refractivity (Wildman–Crippen MR) is 88.9 cm³/mol. The fourth-order valence-corrected chi connectivity index (χ4v) is 1.92. The third kappa shape index (κ3) is 3.39. The molecule has 0 heterocycles. The van der Waals surface area contributed by atoms with E-state index in [-0.39, 0.29) is 0 Å². The lowest BCUT2D eigenvalue weighted by molar-refractivity contribution is 1.60. The molecule has 0 amide bonds. The van der Waals surface area contributed by atoms with Crippen LogP contribution in [0.5, 0.6) is 0 Å². The van der Waals surface area contributed by atoms with E-state index in [0.29, 0.717) is 0 Å². The largest absolute Gasteiger partial charge is 0.399 e. The molecule has 0 aliphatic heterocycles. The molecule has 0 fully saturated rings. The maximum atomic E-state index is 6.02. The number of hydrogen-bond donors (Lipinski definition) is 2. The van der Waals surface area contributed by atoms with Crippen LogP contribution in [0.25, 0.3) is 11.6 Å². The first kappa shape index (κ1) is 13.7. The van der Waals surface area contributed by atoms with Gasteiger partial charge in [0, 0.05) is 16.9 Å². The number of benzene rings is 2. The highest BCUT2D eigenvalue weighted by Crippen LogP contribution is 2.23. The number of nitrogens with two attached hydrogens (primary N) is 2. The Kier molecular flexibility index (Phi) is 4.40. The molecule has 2 aromatic rings. The number of allylic oxidation sites excluding steroid dienone is 4. The highest BCUT2D eigenvalue weighted by atomic mass is 14.6. The Labute approximate surface area is 119 Å². The Morgan fingerprint density at radius 3 is 2.30 bits per heavy atom. The number of rotatable bonds is 4. The van der Waals surface area contributed by atoms with Crippen molar-refractivity contribution in [3.63, 3.8) is 0 Å². The summed E-state index contributed by atoms with van der Waals surface area (Å²) in [5, 5.41) is 0. The lowest BCUT2D eigenvalue weighted by Crippen LogP contribution is -1.91. The van der Waals surface area contributed by atoms with Crippen LogP contribution in [0.4, 0.5) is 11.4 Å². The van der Waals surface area contributed by atoms with E-state index in [2.05, 4.69) is 6.58 Å². The van der Waals surface area contributed by atoms with Gasteiger partial charge in [-0.1, -0.05) is 61.2 Å². The minimum absolute atomic E-state index is 0.752. The van der Waals surface area contributed by atoms with Crippen LogP contribution >= 0.6 is 0 Å². The maximum Gasteiger partial charge on any atom is 0.0393 e. The molecule has 0 saturated carbocycles. The number of nitrogen functional groups attached to an aromatic ring is 2. The Morgan fingerprint density at radius 1 is 0.950 bits per heavy atom. The Hall–Kier alpha value is -2.74. The average Bonchev–Trinajstić information content (AvgIpc) is 2.46. The van der Waals surface area contributed by atoms with E-state index in [1.165, 1.54) is 0 Å². The van der Waals surface area contributed by atoms with Crippen LogP contribution in [0.1, 0.15) is 11.1 Å². The van der Waals surface area contributed by atoms with Crippen molar-refractivity contribution in [1.29, 1.82) is 0 Å². The molecular formula is C18H18N2. The topological polar surface area (TPSA) is 52.0 Å². The fraction of sp³-hybridized carbons (Fsp3) is 0. The van der Waals surface area contributed by atoms with Gasteiger partial charge in [-0.05, 0) is 29.3 Å². The summed E-state index contributed by atoms with van der Waals surface area (Å²) < 4.78 is 0. The van der Waals surface area contributed by atoms with Crippen LogP contribution in [0, 0.1) is 0 Å².